The molecule has 0 bridgehead atoms. The summed E-state index contributed by atoms with van der Waals surface area (Å²) in [6, 6.07) is 4.53. The van der Waals surface area contributed by atoms with E-state index in [1.807, 2.05) is 32.0 Å². The number of imide groups is 1. The minimum absolute atomic E-state index is 0.339. The summed E-state index contributed by atoms with van der Waals surface area (Å²) in [6.45, 7) is 3.95. The molecule has 2 heterocycles. The molecule has 2 aliphatic rings. The predicted molar refractivity (Wildman–Crippen MR) is 64.0 cm³/mol. The first-order chi connectivity index (χ1) is 8.56. The Morgan fingerprint density at radius 1 is 1.11 bits per heavy atom. The summed E-state index contributed by atoms with van der Waals surface area (Å²) < 4.78 is 0. The van der Waals surface area contributed by atoms with E-state index >= 15 is 0 Å². The Kier molecular flexibility index (Phi) is 2.19. The quantitative estimate of drug-likeness (QED) is 0.745. The van der Waals surface area contributed by atoms with Gasteiger partial charge in [0.05, 0.1) is 5.69 Å². The van der Waals surface area contributed by atoms with Crippen molar-refractivity contribution < 1.29 is 9.59 Å². The van der Waals surface area contributed by atoms with Crippen molar-refractivity contribution in [3.05, 3.63) is 29.3 Å². The zero-order chi connectivity index (χ0) is 12.9. The first-order valence-electron chi connectivity index (χ1n) is 5.69. The molecular weight excluding hydrogens is 232 g/mol. The van der Waals surface area contributed by atoms with Gasteiger partial charge in [0.15, 0.2) is 12.1 Å². The van der Waals surface area contributed by atoms with Gasteiger partial charge in [-0.1, -0.05) is 11.3 Å². The number of nitrogens with zero attached hydrogens (tertiary/aromatic N) is 3. The topological polar surface area (TPSA) is 74.1 Å². The molecule has 0 radical (unpaired) electrons. The van der Waals surface area contributed by atoms with Gasteiger partial charge in [-0.05, 0) is 37.1 Å². The second kappa shape index (κ2) is 3.63. The van der Waals surface area contributed by atoms with Crippen LogP contribution in [0.3, 0.4) is 0 Å². The number of carbonyl (C=O) groups excluding carboxylic acids is 2. The van der Waals surface area contributed by atoms with Crippen molar-refractivity contribution >= 4 is 17.5 Å². The summed E-state index contributed by atoms with van der Waals surface area (Å²) in [5.74, 6) is -0.713. The van der Waals surface area contributed by atoms with Crippen LogP contribution in [-0.4, -0.2) is 23.9 Å². The van der Waals surface area contributed by atoms with Gasteiger partial charge in [0.25, 0.3) is 11.8 Å². The summed E-state index contributed by atoms with van der Waals surface area (Å²) in [4.78, 5) is 23.2. The highest BCUT2D eigenvalue weighted by atomic mass is 16.2. The molecular formula is C12H12N4O2. The van der Waals surface area contributed by atoms with Gasteiger partial charge < -0.3 is 0 Å². The van der Waals surface area contributed by atoms with Crippen molar-refractivity contribution in [3.8, 4) is 0 Å². The second-order valence-electron chi connectivity index (χ2n) is 4.64. The van der Waals surface area contributed by atoms with Gasteiger partial charge in [0.2, 0.25) is 0 Å². The van der Waals surface area contributed by atoms with E-state index in [4.69, 9.17) is 0 Å². The smallest absolute Gasteiger partial charge is 0.256 e. The lowest BCUT2D eigenvalue weighted by atomic mass is 10.1. The van der Waals surface area contributed by atoms with Crippen LogP contribution in [0.4, 0.5) is 5.69 Å². The Hall–Kier alpha value is -2.24. The summed E-state index contributed by atoms with van der Waals surface area (Å²) in [6.07, 6.45) is 0. The van der Waals surface area contributed by atoms with Crippen molar-refractivity contribution in [2.24, 2.45) is 10.3 Å². The maximum Gasteiger partial charge on any atom is 0.256 e. The molecule has 1 saturated heterocycles. The first kappa shape index (κ1) is 10.9. The van der Waals surface area contributed by atoms with Gasteiger partial charge in [-0.25, -0.2) is 5.01 Å². The van der Waals surface area contributed by atoms with Crippen molar-refractivity contribution in [2.75, 3.05) is 5.01 Å². The molecule has 0 saturated carbocycles. The molecule has 1 aromatic rings. The lowest BCUT2D eigenvalue weighted by Gasteiger charge is -2.19. The van der Waals surface area contributed by atoms with E-state index in [0.717, 1.165) is 16.8 Å². The van der Waals surface area contributed by atoms with Gasteiger partial charge >= 0.3 is 0 Å². The second-order valence-corrected chi connectivity index (χ2v) is 4.64. The van der Waals surface area contributed by atoms with E-state index in [2.05, 4.69) is 15.7 Å². The highest BCUT2D eigenvalue weighted by molar-refractivity contribution is 6.11. The van der Waals surface area contributed by atoms with Crippen LogP contribution in [0.5, 0.6) is 0 Å². The number of aryl methyl sites for hydroxylation is 2. The molecule has 1 N–H and O–H groups in total. The standard InChI is InChI=1S/C12H12N4O2/c1-6-3-7(2)5-8(4-6)16-10-9(14-15-16)11(17)13-12(10)18/h3-5,9-10H,1-2H3,(H,13,17,18). The molecule has 0 aliphatic carbocycles. The Bertz CT molecular complexity index is 561. The van der Waals surface area contributed by atoms with Crippen LogP contribution in [0.2, 0.25) is 0 Å². The van der Waals surface area contributed by atoms with Crippen molar-refractivity contribution in [2.45, 2.75) is 25.9 Å². The third-order valence-electron chi connectivity index (χ3n) is 3.09. The number of hydrogen-bond donors (Lipinski definition) is 1. The lowest BCUT2D eigenvalue weighted by Crippen LogP contribution is -2.38. The monoisotopic (exact) mass is 244 g/mol. The summed E-state index contributed by atoms with van der Waals surface area (Å²) in [5, 5.41) is 11.6. The summed E-state index contributed by atoms with van der Waals surface area (Å²) >= 11 is 0. The van der Waals surface area contributed by atoms with Crippen LogP contribution < -0.4 is 10.3 Å². The maximum absolute atomic E-state index is 11.7. The molecule has 2 amide bonds. The van der Waals surface area contributed by atoms with Crippen LogP contribution in [0.15, 0.2) is 28.5 Å². The number of hydrogen-bond acceptors (Lipinski definition) is 5. The van der Waals surface area contributed by atoms with Crippen molar-refractivity contribution in [1.29, 1.82) is 0 Å². The van der Waals surface area contributed by atoms with E-state index in [0.29, 0.717) is 0 Å². The first-order valence-corrected chi connectivity index (χ1v) is 5.69. The van der Waals surface area contributed by atoms with Gasteiger partial charge in [0.1, 0.15) is 0 Å². The van der Waals surface area contributed by atoms with Crippen LogP contribution in [0, 0.1) is 13.8 Å². The molecule has 18 heavy (non-hydrogen) atoms. The normalized spacial score (nSPS) is 25.6. The minimum atomic E-state index is -0.710. The average molecular weight is 244 g/mol. The third-order valence-corrected chi connectivity index (χ3v) is 3.09. The van der Waals surface area contributed by atoms with Gasteiger partial charge in [0, 0.05) is 0 Å². The molecule has 1 fully saturated rings. The molecule has 0 spiro atoms. The fraction of sp³-hybridized carbons (Fsp3) is 0.333. The molecule has 1 aromatic carbocycles. The Morgan fingerprint density at radius 3 is 2.44 bits per heavy atom. The van der Waals surface area contributed by atoms with E-state index in [9.17, 15) is 9.59 Å². The SMILES string of the molecule is Cc1cc(C)cc(N2N=NC3C(=O)NC(=O)C32)c1. The summed E-state index contributed by atoms with van der Waals surface area (Å²) in [5.41, 5.74) is 2.94. The fourth-order valence-corrected chi connectivity index (χ4v) is 2.38. The number of fused-ring (bicyclic) bond motifs is 1. The van der Waals surface area contributed by atoms with E-state index in [1.165, 1.54) is 5.01 Å². The third kappa shape index (κ3) is 1.49. The van der Waals surface area contributed by atoms with Crippen LogP contribution in [0.1, 0.15) is 11.1 Å². The van der Waals surface area contributed by atoms with Gasteiger partial charge in [-0.15, -0.1) is 0 Å². The molecule has 6 heteroatoms. The van der Waals surface area contributed by atoms with Crippen molar-refractivity contribution in [1.82, 2.24) is 5.32 Å². The highest BCUT2D eigenvalue weighted by Crippen LogP contribution is 2.30. The predicted octanol–water partition coefficient (Wildman–Crippen LogP) is 0.884. The molecule has 0 aromatic heterocycles. The average Bonchev–Trinajstić information content (AvgIpc) is 2.81. The summed E-state index contributed by atoms with van der Waals surface area (Å²) in [7, 11) is 0. The number of rotatable bonds is 1. The molecule has 92 valence electrons. The van der Waals surface area contributed by atoms with Crippen LogP contribution >= 0.6 is 0 Å². The lowest BCUT2D eigenvalue weighted by molar-refractivity contribution is -0.125. The number of amides is 2. The number of benzene rings is 1. The van der Waals surface area contributed by atoms with Crippen LogP contribution in [-0.2, 0) is 9.59 Å². The molecule has 2 atom stereocenters. The van der Waals surface area contributed by atoms with Crippen molar-refractivity contribution in [3.63, 3.8) is 0 Å². The van der Waals surface area contributed by atoms with Gasteiger partial charge in [-0.2, -0.15) is 5.11 Å². The Labute approximate surface area is 104 Å². The van der Waals surface area contributed by atoms with Crippen LogP contribution in [0.25, 0.3) is 0 Å². The molecule has 2 unspecified atom stereocenters. The number of carbonyl (C=O) groups is 2. The van der Waals surface area contributed by atoms with E-state index in [1.54, 1.807) is 0 Å². The molecule has 2 aliphatic heterocycles. The minimum Gasteiger partial charge on any atom is -0.292 e. The zero-order valence-electron chi connectivity index (χ0n) is 10.0. The molecule has 6 nitrogen and oxygen atoms in total. The number of nitrogens with one attached hydrogen (secondary N) is 1. The Morgan fingerprint density at radius 2 is 1.78 bits per heavy atom. The fourth-order valence-electron chi connectivity index (χ4n) is 2.38. The highest BCUT2D eigenvalue weighted by Gasteiger charge is 2.49. The van der Waals surface area contributed by atoms with Gasteiger partial charge in [-0.3, -0.25) is 14.9 Å². The molecule has 3 rings (SSSR count). The zero-order valence-corrected chi connectivity index (χ0v) is 10.0. The number of anilines is 1. The Balaban J connectivity index is 2.01. The van der Waals surface area contributed by atoms with E-state index in [-0.39, 0.29) is 11.8 Å². The largest absolute Gasteiger partial charge is 0.292 e. The van der Waals surface area contributed by atoms with E-state index < -0.39 is 12.1 Å². The maximum atomic E-state index is 11.7.